The second-order valence-electron chi connectivity index (χ2n) is 8.14. The highest BCUT2D eigenvalue weighted by atomic mass is 35.5. The highest BCUT2D eigenvalue weighted by Gasteiger charge is 2.51. The molecule has 2 aromatic rings. The van der Waals surface area contributed by atoms with E-state index in [1.165, 1.54) is 25.1 Å². The van der Waals surface area contributed by atoms with Crippen molar-refractivity contribution in [3.63, 3.8) is 0 Å². The molecule has 0 bridgehead atoms. The Morgan fingerprint density at radius 2 is 1.82 bits per heavy atom. The highest BCUT2D eigenvalue weighted by Crippen LogP contribution is 2.53. The molecule has 0 spiro atoms. The number of likely N-dealkylation sites (tertiary alicyclic amines) is 1. The van der Waals surface area contributed by atoms with Gasteiger partial charge in [-0.2, -0.15) is 0 Å². The summed E-state index contributed by atoms with van der Waals surface area (Å²) in [6.07, 6.45) is 1.14. The molecule has 1 fully saturated rings. The first kappa shape index (κ1) is 19.6. The summed E-state index contributed by atoms with van der Waals surface area (Å²) in [6, 6.07) is 9.06. The van der Waals surface area contributed by atoms with E-state index in [4.69, 9.17) is 16.3 Å². The van der Waals surface area contributed by atoms with Crippen LogP contribution in [0.2, 0.25) is 5.02 Å². The number of rotatable bonds is 2. The van der Waals surface area contributed by atoms with E-state index in [0.717, 1.165) is 37.6 Å². The van der Waals surface area contributed by atoms with Gasteiger partial charge >= 0.3 is 0 Å². The summed E-state index contributed by atoms with van der Waals surface area (Å²) in [6.45, 7) is 3.35. The van der Waals surface area contributed by atoms with Crippen molar-refractivity contribution in [2.45, 2.75) is 43.6 Å². The molecule has 1 unspecified atom stereocenters. The van der Waals surface area contributed by atoms with E-state index in [1.54, 1.807) is 6.07 Å². The fourth-order valence-corrected chi connectivity index (χ4v) is 4.61. The van der Waals surface area contributed by atoms with Gasteiger partial charge in [0.2, 0.25) is 0 Å². The largest absolute Gasteiger partial charge is 0.482 e. The Balaban J connectivity index is 1.79. The zero-order chi connectivity index (χ0) is 20.1. The lowest BCUT2D eigenvalue weighted by Crippen LogP contribution is -2.41. The predicted octanol–water partition coefficient (Wildman–Crippen LogP) is 6.08. The summed E-state index contributed by atoms with van der Waals surface area (Å²) in [5.74, 6) is -3.38. The lowest BCUT2D eigenvalue weighted by atomic mass is 9.80. The SMILES string of the molecule is CN1CCC(c2cccc3c2OC(C)(c2ccc(Cl)cc2F)CC3(F)F)CC1. The van der Waals surface area contributed by atoms with Gasteiger partial charge in [-0.3, -0.25) is 0 Å². The predicted molar refractivity (Wildman–Crippen MR) is 104 cm³/mol. The van der Waals surface area contributed by atoms with E-state index >= 15 is 8.78 Å². The van der Waals surface area contributed by atoms with Crippen LogP contribution in [0.25, 0.3) is 0 Å². The molecule has 1 atom stereocenters. The van der Waals surface area contributed by atoms with E-state index in [1.807, 2.05) is 6.07 Å². The van der Waals surface area contributed by atoms with Crippen LogP contribution < -0.4 is 4.74 Å². The van der Waals surface area contributed by atoms with Crippen molar-refractivity contribution in [2.24, 2.45) is 0 Å². The maximum atomic E-state index is 15.2. The maximum absolute atomic E-state index is 15.2. The summed E-state index contributed by atoms with van der Waals surface area (Å²) in [5, 5.41) is 0.222. The van der Waals surface area contributed by atoms with Crippen LogP contribution in [0.15, 0.2) is 36.4 Å². The normalized spacial score (nSPS) is 25.2. The second-order valence-corrected chi connectivity index (χ2v) is 8.58. The third kappa shape index (κ3) is 3.39. The van der Waals surface area contributed by atoms with Crippen molar-refractivity contribution in [3.05, 3.63) is 63.9 Å². The zero-order valence-corrected chi connectivity index (χ0v) is 16.7. The average Bonchev–Trinajstić information content (AvgIpc) is 2.61. The summed E-state index contributed by atoms with van der Waals surface area (Å²) >= 11 is 5.84. The average molecular weight is 410 g/mol. The summed E-state index contributed by atoms with van der Waals surface area (Å²) < 4.78 is 51.1. The van der Waals surface area contributed by atoms with E-state index < -0.39 is 23.8 Å². The first-order valence-corrected chi connectivity index (χ1v) is 9.92. The van der Waals surface area contributed by atoms with Gasteiger partial charge in [-0.25, -0.2) is 13.2 Å². The summed E-state index contributed by atoms with van der Waals surface area (Å²) in [5.41, 5.74) is -0.686. The third-order valence-electron chi connectivity index (χ3n) is 5.99. The van der Waals surface area contributed by atoms with Crippen molar-refractivity contribution in [2.75, 3.05) is 20.1 Å². The molecule has 2 aromatic carbocycles. The standard InChI is InChI=1S/C22H23ClF3NO/c1-21(17-7-6-15(23)12-19(17)24)13-22(25,26)18-5-3-4-16(20(18)28-21)14-8-10-27(2)11-9-14/h3-7,12,14H,8-11,13H2,1-2H3. The molecule has 0 saturated carbocycles. The molecule has 0 amide bonds. The minimum Gasteiger partial charge on any atom is -0.482 e. The molecule has 4 rings (SSSR count). The number of ether oxygens (including phenoxy) is 1. The number of benzene rings is 2. The number of piperidine rings is 1. The Morgan fingerprint density at radius 1 is 1.11 bits per heavy atom. The van der Waals surface area contributed by atoms with E-state index in [-0.39, 0.29) is 27.8 Å². The van der Waals surface area contributed by atoms with Crippen molar-refractivity contribution >= 4 is 11.6 Å². The molecule has 0 radical (unpaired) electrons. The van der Waals surface area contributed by atoms with Gasteiger partial charge in [-0.05, 0) is 69.6 Å². The number of hydrogen-bond acceptors (Lipinski definition) is 2. The van der Waals surface area contributed by atoms with Crippen molar-refractivity contribution in [1.82, 2.24) is 4.90 Å². The number of para-hydroxylation sites is 1. The molecule has 1 saturated heterocycles. The minimum absolute atomic E-state index is 0.0976. The number of alkyl halides is 2. The van der Waals surface area contributed by atoms with Crippen molar-refractivity contribution in [3.8, 4) is 5.75 Å². The molecule has 2 aliphatic heterocycles. The molecule has 28 heavy (non-hydrogen) atoms. The van der Waals surface area contributed by atoms with Crippen LogP contribution in [-0.2, 0) is 11.5 Å². The number of fused-ring (bicyclic) bond motifs is 1. The van der Waals surface area contributed by atoms with Crippen LogP contribution >= 0.6 is 11.6 Å². The molecular weight excluding hydrogens is 387 g/mol. The van der Waals surface area contributed by atoms with Crippen LogP contribution in [0.5, 0.6) is 5.75 Å². The second kappa shape index (κ2) is 6.96. The first-order chi connectivity index (χ1) is 13.2. The molecule has 2 aliphatic rings. The van der Waals surface area contributed by atoms with E-state index in [0.29, 0.717) is 0 Å². The first-order valence-electron chi connectivity index (χ1n) is 9.54. The summed E-state index contributed by atoms with van der Waals surface area (Å²) in [7, 11) is 2.06. The Kier molecular flexibility index (Phi) is 4.87. The van der Waals surface area contributed by atoms with Gasteiger partial charge in [0, 0.05) is 10.6 Å². The third-order valence-corrected chi connectivity index (χ3v) is 6.22. The fourth-order valence-electron chi connectivity index (χ4n) is 4.45. The molecule has 2 heterocycles. The van der Waals surface area contributed by atoms with Crippen LogP contribution in [0.3, 0.4) is 0 Å². The smallest absolute Gasteiger partial charge is 0.280 e. The van der Waals surface area contributed by atoms with Crippen LogP contribution in [0, 0.1) is 5.82 Å². The molecule has 0 N–H and O–H groups in total. The lowest BCUT2D eigenvalue weighted by Gasteiger charge is -2.42. The zero-order valence-electron chi connectivity index (χ0n) is 15.9. The Hall–Kier alpha value is -1.72. The van der Waals surface area contributed by atoms with E-state index in [9.17, 15) is 4.39 Å². The number of hydrogen-bond donors (Lipinski definition) is 0. The molecule has 6 heteroatoms. The van der Waals surface area contributed by atoms with Crippen LogP contribution in [0.1, 0.15) is 48.8 Å². The van der Waals surface area contributed by atoms with E-state index in [2.05, 4.69) is 11.9 Å². The van der Waals surface area contributed by atoms with Gasteiger partial charge in [0.15, 0.2) is 0 Å². The molecular formula is C22H23ClF3NO. The Labute approximate surface area is 168 Å². The maximum Gasteiger partial charge on any atom is 0.280 e. The minimum atomic E-state index is -3.12. The lowest BCUT2D eigenvalue weighted by molar-refractivity contribution is -0.105. The monoisotopic (exact) mass is 409 g/mol. The topological polar surface area (TPSA) is 12.5 Å². The molecule has 2 nitrogen and oxygen atoms in total. The Morgan fingerprint density at radius 3 is 2.50 bits per heavy atom. The van der Waals surface area contributed by atoms with Crippen molar-refractivity contribution < 1.29 is 17.9 Å². The van der Waals surface area contributed by atoms with Gasteiger partial charge in [0.05, 0.1) is 12.0 Å². The summed E-state index contributed by atoms with van der Waals surface area (Å²) in [4.78, 5) is 2.23. The van der Waals surface area contributed by atoms with Crippen molar-refractivity contribution in [1.29, 1.82) is 0 Å². The highest BCUT2D eigenvalue weighted by molar-refractivity contribution is 6.30. The molecule has 150 valence electrons. The van der Waals surface area contributed by atoms with Crippen LogP contribution in [0.4, 0.5) is 13.2 Å². The van der Waals surface area contributed by atoms with Gasteiger partial charge in [0.1, 0.15) is 17.2 Å². The van der Waals surface area contributed by atoms with Gasteiger partial charge in [-0.1, -0.05) is 29.8 Å². The van der Waals surface area contributed by atoms with Gasteiger partial charge in [0.25, 0.3) is 5.92 Å². The Bertz CT molecular complexity index is 895. The van der Waals surface area contributed by atoms with Crippen LogP contribution in [-0.4, -0.2) is 25.0 Å². The number of halogens is 4. The number of nitrogens with zero attached hydrogens (tertiary/aromatic N) is 1. The van der Waals surface area contributed by atoms with Gasteiger partial charge in [-0.15, -0.1) is 0 Å². The quantitative estimate of drug-likeness (QED) is 0.596. The molecule has 0 aliphatic carbocycles. The van der Waals surface area contributed by atoms with Gasteiger partial charge < -0.3 is 9.64 Å². The molecule has 0 aromatic heterocycles. The fraction of sp³-hybridized carbons (Fsp3) is 0.455.